The van der Waals surface area contributed by atoms with Gasteiger partial charge in [-0.25, -0.2) is 16.1 Å². The van der Waals surface area contributed by atoms with Gasteiger partial charge in [0.05, 0.1) is 36.6 Å². The van der Waals surface area contributed by atoms with Gasteiger partial charge >= 0.3 is 6.03 Å². The highest BCUT2D eigenvalue weighted by atomic mass is 35.5. The summed E-state index contributed by atoms with van der Waals surface area (Å²) in [5.74, 6) is 5.73. The molecule has 11 heteroatoms. The first kappa shape index (κ1) is 25.6. The number of β-amino-alcohol motifs (C(OH)–C–C–N with tert-alkyl or cyclic N) is 1. The number of hydrogen-bond donors (Lipinski definition) is 5. The van der Waals surface area contributed by atoms with Crippen molar-refractivity contribution < 1.29 is 19.4 Å². The summed E-state index contributed by atoms with van der Waals surface area (Å²) in [5, 5.41) is 20.7. The van der Waals surface area contributed by atoms with E-state index in [2.05, 4.69) is 15.8 Å². The Hall–Kier alpha value is -3.50. The summed E-state index contributed by atoms with van der Waals surface area (Å²) in [6.07, 6.45) is 0. The first-order chi connectivity index (χ1) is 17.3. The average Bonchev–Trinajstić information content (AvgIpc) is 3.23. The fourth-order valence-electron chi connectivity index (χ4n) is 4.33. The standard InChI is InChI=1S/C25H25Cl2N5O4/c1-35-17-7-3-14(4-8-17)21(25(34)13-29-23-19(25)11-16(26)12-20(23)27)22(31-32-24(33)30-28)15-5-9-18(36-2)10-6-15/h3-12,21,29,34H,13,28H2,1-2H3,(H2,30,32,33)/b31-22-/t21-,25+/m1/s1. The molecule has 36 heavy (non-hydrogen) atoms. The van der Waals surface area contributed by atoms with Crippen LogP contribution in [0.2, 0.25) is 10.0 Å². The summed E-state index contributed by atoms with van der Waals surface area (Å²) in [4.78, 5) is 12.0. The summed E-state index contributed by atoms with van der Waals surface area (Å²) in [6.45, 7) is 0.108. The molecular weight excluding hydrogens is 505 g/mol. The number of amides is 2. The highest BCUT2D eigenvalue weighted by Crippen LogP contribution is 2.49. The van der Waals surface area contributed by atoms with Crippen LogP contribution in [0, 0.1) is 0 Å². The highest BCUT2D eigenvalue weighted by molar-refractivity contribution is 6.36. The average molecular weight is 530 g/mol. The topological polar surface area (TPSA) is 130 Å². The lowest BCUT2D eigenvalue weighted by molar-refractivity contribution is 0.0484. The molecule has 3 aromatic rings. The first-order valence-corrected chi connectivity index (χ1v) is 11.6. The predicted molar refractivity (Wildman–Crippen MR) is 140 cm³/mol. The van der Waals surface area contributed by atoms with Gasteiger partial charge in [0.2, 0.25) is 0 Å². The van der Waals surface area contributed by atoms with E-state index in [1.54, 1.807) is 62.8 Å². The fraction of sp³-hybridized carbons (Fsp3) is 0.200. The number of fused-ring (bicyclic) bond motifs is 1. The van der Waals surface area contributed by atoms with Gasteiger partial charge in [-0.2, -0.15) is 5.10 Å². The van der Waals surface area contributed by atoms with E-state index in [1.807, 2.05) is 17.6 Å². The van der Waals surface area contributed by atoms with Crippen LogP contribution < -0.4 is 31.5 Å². The van der Waals surface area contributed by atoms with E-state index in [0.717, 1.165) is 0 Å². The Morgan fingerprint density at radius 3 is 2.28 bits per heavy atom. The molecule has 0 saturated carbocycles. The van der Waals surface area contributed by atoms with E-state index in [4.69, 9.17) is 38.5 Å². The van der Waals surface area contributed by atoms with Crippen molar-refractivity contribution in [3.63, 3.8) is 0 Å². The molecule has 0 aromatic heterocycles. The number of nitrogens with zero attached hydrogens (tertiary/aromatic N) is 1. The maximum Gasteiger partial charge on any atom is 0.349 e. The monoisotopic (exact) mass is 529 g/mol. The number of methoxy groups -OCH3 is 2. The number of halogens is 2. The number of nitrogens with two attached hydrogens (primary N) is 1. The summed E-state index contributed by atoms with van der Waals surface area (Å²) < 4.78 is 10.6. The molecule has 1 aliphatic heterocycles. The Labute approximate surface area is 218 Å². The van der Waals surface area contributed by atoms with Crippen LogP contribution in [0.1, 0.15) is 22.6 Å². The Morgan fingerprint density at radius 1 is 1.08 bits per heavy atom. The van der Waals surface area contributed by atoms with Crippen molar-refractivity contribution in [2.24, 2.45) is 10.9 Å². The van der Waals surface area contributed by atoms with Crippen molar-refractivity contribution in [1.82, 2.24) is 10.9 Å². The molecule has 4 rings (SSSR count). The molecule has 0 spiro atoms. The van der Waals surface area contributed by atoms with Crippen LogP contribution in [-0.4, -0.2) is 37.6 Å². The van der Waals surface area contributed by atoms with Crippen LogP contribution in [0.4, 0.5) is 10.5 Å². The highest BCUT2D eigenvalue weighted by Gasteiger charge is 2.48. The van der Waals surface area contributed by atoms with Crippen LogP contribution >= 0.6 is 23.2 Å². The van der Waals surface area contributed by atoms with Crippen LogP contribution in [-0.2, 0) is 5.60 Å². The smallest absolute Gasteiger partial charge is 0.349 e. The zero-order chi connectivity index (χ0) is 25.9. The number of carbonyl (C=O) groups is 1. The molecule has 2 atom stereocenters. The molecule has 0 unspecified atom stereocenters. The quantitative estimate of drug-likeness (QED) is 0.136. The maximum atomic E-state index is 12.3. The van der Waals surface area contributed by atoms with Gasteiger partial charge in [0.15, 0.2) is 0 Å². The number of aliphatic hydroxyl groups is 1. The lowest BCUT2D eigenvalue weighted by atomic mass is 9.74. The molecule has 2 amide bonds. The molecule has 1 aliphatic rings. The Morgan fingerprint density at radius 2 is 1.69 bits per heavy atom. The molecule has 3 aromatic carbocycles. The van der Waals surface area contributed by atoms with Crippen LogP contribution in [0.5, 0.6) is 11.5 Å². The first-order valence-electron chi connectivity index (χ1n) is 10.9. The Kier molecular flexibility index (Phi) is 7.56. The summed E-state index contributed by atoms with van der Waals surface area (Å²) in [6, 6.07) is 16.9. The molecule has 9 nitrogen and oxygen atoms in total. The minimum atomic E-state index is -1.56. The van der Waals surface area contributed by atoms with Gasteiger partial charge < -0.3 is 19.9 Å². The third-order valence-electron chi connectivity index (χ3n) is 6.05. The molecule has 6 N–H and O–H groups in total. The normalized spacial score (nSPS) is 17.6. The minimum Gasteiger partial charge on any atom is -0.497 e. The van der Waals surface area contributed by atoms with E-state index < -0.39 is 17.6 Å². The number of ether oxygens (including phenoxy) is 2. The van der Waals surface area contributed by atoms with E-state index in [0.29, 0.717) is 49.6 Å². The molecule has 0 radical (unpaired) electrons. The van der Waals surface area contributed by atoms with Gasteiger partial charge in [0.25, 0.3) is 0 Å². The molecule has 0 fully saturated rings. The van der Waals surface area contributed by atoms with Crippen molar-refractivity contribution in [3.05, 3.63) is 87.4 Å². The van der Waals surface area contributed by atoms with Gasteiger partial charge in [-0.1, -0.05) is 35.3 Å². The Balaban J connectivity index is 1.95. The fourth-order valence-corrected chi connectivity index (χ4v) is 4.89. The molecule has 188 valence electrons. The van der Waals surface area contributed by atoms with Gasteiger partial charge in [-0.15, -0.1) is 0 Å². The maximum absolute atomic E-state index is 12.3. The number of carbonyl (C=O) groups excluding carboxylic acids is 1. The van der Waals surface area contributed by atoms with Gasteiger partial charge in [-0.3, -0.25) is 5.43 Å². The number of rotatable bonds is 7. The van der Waals surface area contributed by atoms with Crippen LogP contribution in [0.25, 0.3) is 0 Å². The van der Waals surface area contributed by atoms with E-state index in [1.165, 1.54) is 0 Å². The predicted octanol–water partition coefficient (Wildman–Crippen LogP) is 3.98. The van der Waals surface area contributed by atoms with Crippen molar-refractivity contribution in [1.29, 1.82) is 0 Å². The molecule has 0 bridgehead atoms. The number of nitrogens with one attached hydrogen (secondary N) is 3. The minimum absolute atomic E-state index is 0.108. The third-order valence-corrected chi connectivity index (χ3v) is 6.57. The van der Waals surface area contributed by atoms with E-state index in [-0.39, 0.29) is 6.54 Å². The van der Waals surface area contributed by atoms with E-state index >= 15 is 0 Å². The van der Waals surface area contributed by atoms with Crippen molar-refractivity contribution >= 4 is 40.6 Å². The lowest BCUT2D eigenvalue weighted by Gasteiger charge is -2.34. The van der Waals surface area contributed by atoms with Gasteiger partial charge in [-0.05, 0) is 59.7 Å². The van der Waals surface area contributed by atoms with Crippen molar-refractivity contribution in [2.45, 2.75) is 11.5 Å². The van der Waals surface area contributed by atoms with E-state index in [9.17, 15) is 9.90 Å². The number of urea groups is 1. The molecule has 0 saturated heterocycles. The molecule has 0 aliphatic carbocycles. The number of hydrogen-bond acceptors (Lipinski definition) is 7. The third kappa shape index (κ3) is 4.91. The zero-order valence-electron chi connectivity index (χ0n) is 19.5. The number of hydrazone groups is 1. The van der Waals surface area contributed by atoms with Gasteiger partial charge in [0, 0.05) is 17.1 Å². The second kappa shape index (κ2) is 10.6. The SMILES string of the molecule is COc1ccc(/C(=N/NC(=O)NN)[C@@H](c2ccc(OC)cc2)[C@]2(O)CNc3c(Cl)cc(Cl)cc32)cc1. The lowest BCUT2D eigenvalue weighted by Crippen LogP contribution is -2.42. The number of anilines is 1. The second-order valence-corrected chi connectivity index (χ2v) is 8.95. The molecule has 1 heterocycles. The molecular formula is C25H25Cl2N5O4. The Bertz CT molecular complexity index is 1280. The number of benzene rings is 3. The van der Waals surface area contributed by atoms with Crippen molar-refractivity contribution in [3.8, 4) is 11.5 Å². The van der Waals surface area contributed by atoms with Crippen molar-refractivity contribution in [2.75, 3.05) is 26.1 Å². The summed E-state index contributed by atoms with van der Waals surface area (Å²) in [7, 11) is 3.13. The number of hydrazine groups is 1. The zero-order valence-corrected chi connectivity index (χ0v) is 21.0. The van der Waals surface area contributed by atoms with Gasteiger partial charge in [0.1, 0.15) is 17.1 Å². The van der Waals surface area contributed by atoms with Crippen LogP contribution in [0.15, 0.2) is 65.8 Å². The summed E-state index contributed by atoms with van der Waals surface area (Å²) >= 11 is 12.8. The van der Waals surface area contributed by atoms with Crippen LogP contribution in [0.3, 0.4) is 0 Å². The largest absolute Gasteiger partial charge is 0.497 e. The second-order valence-electron chi connectivity index (χ2n) is 8.10. The summed E-state index contributed by atoms with van der Waals surface area (Å²) in [5.41, 5.74) is 5.60.